The third kappa shape index (κ3) is 5.54. The van der Waals surface area contributed by atoms with Crippen molar-refractivity contribution in [1.29, 1.82) is 0 Å². The first-order valence-corrected chi connectivity index (χ1v) is 9.55. The minimum Gasteiger partial charge on any atom is -0.457 e. The van der Waals surface area contributed by atoms with Gasteiger partial charge in [0.05, 0.1) is 0 Å². The number of hydrazine groups is 1. The highest BCUT2D eigenvalue weighted by Gasteiger charge is 2.11. The second-order valence-electron chi connectivity index (χ2n) is 6.63. The van der Waals surface area contributed by atoms with Crippen molar-refractivity contribution in [3.63, 3.8) is 0 Å². The van der Waals surface area contributed by atoms with E-state index >= 15 is 0 Å². The average molecular weight is 432 g/mol. The van der Waals surface area contributed by atoms with Crippen LogP contribution >= 0.6 is 0 Å². The van der Waals surface area contributed by atoms with Gasteiger partial charge in [0.2, 0.25) is 0 Å². The fourth-order valence-electron chi connectivity index (χ4n) is 2.67. The molecule has 2 aromatic carbocycles. The summed E-state index contributed by atoms with van der Waals surface area (Å²) in [5.41, 5.74) is 5.79. The summed E-state index contributed by atoms with van der Waals surface area (Å²) in [6.45, 7) is 1.40. The van der Waals surface area contributed by atoms with E-state index in [2.05, 4.69) is 21.2 Å². The van der Waals surface area contributed by atoms with Crippen LogP contribution in [0.1, 0.15) is 48.5 Å². The van der Waals surface area contributed by atoms with Crippen molar-refractivity contribution in [1.82, 2.24) is 21.2 Å². The molecule has 0 fully saturated rings. The number of Topliss-reactive ketones (excluding diaryl/α,β-unsaturated/α-hetero) is 1. The molecule has 3 rings (SSSR count). The lowest BCUT2D eigenvalue weighted by Crippen LogP contribution is -2.41. The van der Waals surface area contributed by atoms with Crippen LogP contribution in [0.25, 0.3) is 0 Å². The monoisotopic (exact) mass is 432 g/mol. The lowest BCUT2D eigenvalue weighted by atomic mass is 10.1. The molecule has 3 aromatic rings. The van der Waals surface area contributed by atoms with Gasteiger partial charge >= 0.3 is 0 Å². The van der Waals surface area contributed by atoms with E-state index in [0.717, 1.165) is 0 Å². The van der Waals surface area contributed by atoms with Gasteiger partial charge in [-0.1, -0.05) is 12.1 Å². The van der Waals surface area contributed by atoms with Crippen molar-refractivity contribution in [2.45, 2.75) is 6.92 Å². The van der Waals surface area contributed by atoms with Crippen LogP contribution in [0.2, 0.25) is 0 Å². The zero-order chi connectivity index (χ0) is 23.1. The van der Waals surface area contributed by atoms with Gasteiger partial charge in [0.15, 0.2) is 5.78 Å². The summed E-state index contributed by atoms with van der Waals surface area (Å²) in [6.07, 6.45) is 1.45. The Kier molecular flexibility index (Phi) is 6.92. The van der Waals surface area contributed by atoms with Crippen molar-refractivity contribution < 1.29 is 23.9 Å². The quantitative estimate of drug-likeness (QED) is 0.406. The Bertz CT molecular complexity index is 1180. The Labute approximate surface area is 183 Å². The molecule has 9 heteroatoms. The minimum atomic E-state index is -0.550. The van der Waals surface area contributed by atoms with E-state index in [4.69, 9.17) is 4.74 Å². The highest BCUT2D eigenvalue weighted by atomic mass is 16.5. The predicted octanol–water partition coefficient (Wildman–Crippen LogP) is 2.51. The standard InChI is InChI=1S/C23H20N4O5/c1-14(28)16-4-3-5-17(12-16)22(30)27-26-21(29)15-6-8-18(9-7-15)32-19-10-11-25-20(13-19)23(31)24-2/h3-13H,1-2H3,(H,24,31)(H,26,29)(H,27,30). The molecule has 0 saturated carbocycles. The summed E-state index contributed by atoms with van der Waals surface area (Å²) < 4.78 is 5.69. The molecule has 9 nitrogen and oxygen atoms in total. The second kappa shape index (κ2) is 9.98. The lowest BCUT2D eigenvalue weighted by Gasteiger charge is -2.09. The SMILES string of the molecule is CNC(=O)c1cc(Oc2ccc(C(=O)NNC(=O)c3cccc(C(C)=O)c3)cc2)ccn1. The van der Waals surface area contributed by atoms with Gasteiger partial charge in [0.1, 0.15) is 17.2 Å². The maximum atomic E-state index is 12.3. The molecule has 0 bridgehead atoms. The van der Waals surface area contributed by atoms with E-state index in [1.165, 1.54) is 50.5 Å². The first kappa shape index (κ1) is 22.2. The van der Waals surface area contributed by atoms with Gasteiger partial charge in [-0.2, -0.15) is 0 Å². The van der Waals surface area contributed by atoms with E-state index in [1.807, 2.05) is 0 Å². The summed E-state index contributed by atoms with van der Waals surface area (Å²) in [4.78, 5) is 51.6. The number of carbonyl (C=O) groups excluding carboxylic acids is 4. The van der Waals surface area contributed by atoms with Crippen molar-refractivity contribution in [3.8, 4) is 11.5 Å². The van der Waals surface area contributed by atoms with E-state index in [-0.39, 0.29) is 28.5 Å². The number of hydrogen-bond acceptors (Lipinski definition) is 6. The number of amides is 3. The van der Waals surface area contributed by atoms with E-state index in [0.29, 0.717) is 17.1 Å². The fourth-order valence-corrected chi connectivity index (χ4v) is 2.67. The van der Waals surface area contributed by atoms with E-state index in [1.54, 1.807) is 30.3 Å². The van der Waals surface area contributed by atoms with Gasteiger partial charge in [-0.25, -0.2) is 0 Å². The molecule has 162 valence electrons. The number of nitrogens with one attached hydrogen (secondary N) is 3. The number of hydrogen-bond donors (Lipinski definition) is 3. The summed E-state index contributed by atoms with van der Waals surface area (Å²) in [5.74, 6) is -0.721. The molecule has 0 aliphatic heterocycles. The minimum absolute atomic E-state index is 0.164. The van der Waals surface area contributed by atoms with Crippen LogP contribution < -0.4 is 20.9 Å². The summed E-state index contributed by atoms with van der Waals surface area (Å²) in [5, 5.41) is 2.48. The molecule has 0 aliphatic rings. The molecule has 0 spiro atoms. The van der Waals surface area contributed by atoms with Crippen LogP contribution in [0.15, 0.2) is 66.9 Å². The van der Waals surface area contributed by atoms with Gasteiger partial charge in [-0.05, 0) is 49.4 Å². The molecule has 0 saturated heterocycles. The summed E-state index contributed by atoms with van der Waals surface area (Å²) in [6, 6.07) is 15.5. The van der Waals surface area contributed by atoms with E-state index in [9.17, 15) is 19.2 Å². The predicted molar refractivity (Wildman–Crippen MR) is 116 cm³/mol. The Balaban J connectivity index is 1.59. The fraction of sp³-hybridized carbons (Fsp3) is 0.0870. The summed E-state index contributed by atoms with van der Waals surface area (Å²) >= 11 is 0. The second-order valence-corrected chi connectivity index (χ2v) is 6.63. The molecule has 0 aliphatic carbocycles. The Morgan fingerprint density at radius 1 is 0.750 bits per heavy atom. The Morgan fingerprint density at radius 2 is 1.41 bits per heavy atom. The van der Waals surface area contributed by atoms with Crippen molar-refractivity contribution in [3.05, 3.63) is 89.2 Å². The van der Waals surface area contributed by atoms with E-state index < -0.39 is 11.8 Å². The number of nitrogens with zero attached hydrogens (tertiary/aromatic N) is 1. The number of ketones is 1. The third-order valence-electron chi connectivity index (χ3n) is 4.36. The summed E-state index contributed by atoms with van der Waals surface area (Å²) in [7, 11) is 1.51. The zero-order valence-corrected chi connectivity index (χ0v) is 17.3. The topological polar surface area (TPSA) is 126 Å². The first-order chi connectivity index (χ1) is 15.4. The number of rotatable bonds is 6. The van der Waals surface area contributed by atoms with Crippen LogP contribution in [0.3, 0.4) is 0 Å². The number of benzene rings is 2. The van der Waals surface area contributed by atoms with Gasteiger partial charge in [0, 0.05) is 36.0 Å². The normalized spacial score (nSPS) is 10.1. The van der Waals surface area contributed by atoms with Gasteiger partial charge in [0.25, 0.3) is 17.7 Å². The Morgan fingerprint density at radius 3 is 2.06 bits per heavy atom. The molecular weight excluding hydrogens is 412 g/mol. The van der Waals surface area contributed by atoms with Crippen LogP contribution in [-0.4, -0.2) is 35.5 Å². The van der Waals surface area contributed by atoms with Gasteiger partial charge in [-0.15, -0.1) is 0 Å². The smallest absolute Gasteiger partial charge is 0.269 e. The molecule has 3 amide bonds. The maximum Gasteiger partial charge on any atom is 0.269 e. The number of ether oxygens (including phenoxy) is 1. The van der Waals surface area contributed by atoms with Crippen molar-refractivity contribution in [2.24, 2.45) is 0 Å². The van der Waals surface area contributed by atoms with Crippen LogP contribution in [0.5, 0.6) is 11.5 Å². The molecule has 0 unspecified atom stereocenters. The number of carbonyl (C=O) groups is 4. The maximum absolute atomic E-state index is 12.3. The van der Waals surface area contributed by atoms with Crippen LogP contribution in [0, 0.1) is 0 Å². The largest absolute Gasteiger partial charge is 0.457 e. The lowest BCUT2D eigenvalue weighted by molar-refractivity contribution is 0.0846. The zero-order valence-electron chi connectivity index (χ0n) is 17.3. The highest BCUT2D eigenvalue weighted by Crippen LogP contribution is 2.22. The van der Waals surface area contributed by atoms with Crippen LogP contribution in [0.4, 0.5) is 0 Å². The average Bonchev–Trinajstić information content (AvgIpc) is 2.82. The number of pyridine rings is 1. The Hall–Kier alpha value is -4.53. The van der Waals surface area contributed by atoms with Gasteiger partial charge < -0.3 is 10.1 Å². The molecule has 1 aromatic heterocycles. The third-order valence-corrected chi connectivity index (χ3v) is 4.36. The van der Waals surface area contributed by atoms with Crippen LogP contribution in [-0.2, 0) is 0 Å². The molecule has 1 heterocycles. The molecule has 32 heavy (non-hydrogen) atoms. The van der Waals surface area contributed by atoms with Gasteiger partial charge in [-0.3, -0.25) is 35.0 Å². The highest BCUT2D eigenvalue weighted by molar-refractivity contribution is 6.01. The van der Waals surface area contributed by atoms with Crippen molar-refractivity contribution >= 4 is 23.5 Å². The molecular formula is C23H20N4O5. The first-order valence-electron chi connectivity index (χ1n) is 9.55. The van der Waals surface area contributed by atoms with Crippen molar-refractivity contribution in [2.75, 3.05) is 7.05 Å². The molecule has 0 radical (unpaired) electrons. The molecule has 0 atom stereocenters. The molecule has 3 N–H and O–H groups in total. The number of aromatic nitrogens is 1.